The van der Waals surface area contributed by atoms with Crippen molar-refractivity contribution in [2.75, 3.05) is 18.8 Å². The normalized spacial score (nSPS) is 27.6. The number of thiol groups is 1. The van der Waals surface area contributed by atoms with Crippen molar-refractivity contribution in [3.63, 3.8) is 0 Å². The van der Waals surface area contributed by atoms with E-state index in [1.165, 1.54) is 9.80 Å². The summed E-state index contributed by atoms with van der Waals surface area (Å²) in [6.45, 7) is 2.51. The van der Waals surface area contributed by atoms with Crippen LogP contribution in [0.1, 0.15) is 32.6 Å². The Hall–Kier alpha value is -1.32. The zero-order valence-electron chi connectivity index (χ0n) is 13.9. The lowest BCUT2D eigenvalue weighted by Gasteiger charge is -2.36. The molecule has 2 fully saturated rings. The summed E-state index contributed by atoms with van der Waals surface area (Å²) in [4.78, 5) is 40.2. The van der Waals surface area contributed by atoms with Gasteiger partial charge in [0.2, 0.25) is 17.7 Å². The van der Waals surface area contributed by atoms with Gasteiger partial charge in [-0.2, -0.15) is 12.6 Å². The molecule has 24 heavy (non-hydrogen) atoms. The maximum Gasteiger partial charge on any atom is 0.249 e. The number of carbonyl (C=O) groups excluding carboxylic acids is 3. The smallest absolute Gasteiger partial charge is 0.249 e. The molecule has 8 nitrogen and oxygen atoms in total. The number of likely N-dealkylation sites (tertiary alicyclic amines) is 2. The minimum absolute atomic E-state index is 0.138. The van der Waals surface area contributed by atoms with Crippen LogP contribution in [0.5, 0.6) is 0 Å². The standard InChI is InChI=1S/C15H26N4O4S/c1-2-10(20)11(16)13(22)19-6-3-4-15(19)5-7-18(14(15)23)9(8-24)12(17)21/h9-11,20,24H,2-8,16H2,1H3,(H2,17,21)/t9-,10+,11-,15?/m0/s1. The van der Waals surface area contributed by atoms with E-state index < -0.39 is 35.5 Å². The van der Waals surface area contributed by atoms with Gasteiger partial charge in [-0.05, 0) is 25.7 Å². The molecule has 2 rings (SSSR count). The average molecular weight is 358 g/mol. The highest BCUT2D eigenvalue weighted by molar-refractivity contribution is 7.80. The predicted octanol–water partition coefficient (Wildman–Crippen LogP) is -1.54. The average Bonchev–Trinajstić information content (AvgIpc) is 3.13. The lowest BCUT2D eigenvalue weighted by Crippen LogP contribution is -2.60. The third-order valence-corrected chi connectivity index (χ3v) is 5.52. The number of hydrogen-bond acceptors (Lipinski definition) is 6. The number of primary amides is 1. The van der Waals surface area contributed by atoms with Crippen LogP contribution in [-0.2, 0) is 14.4 Å². The van der Waals surface area contributed by atoms with Crippen LogP contribution in [0.2, 0.25) is 0 Å². The summed E-state index contributed by atoms with van der Waals surface area (Å²) in [6.07, 6.45) is 1.06. The van der Waals surface area contributed by atoms with E-state index in [1.807, 2.05) is 0 Å². The highest BCUT2D eigenvalue weighted by Gasteiger charge is 2.57. The van der Waals surface area contributed by atoms with Gasteiger partial charge in [-0.15, -0.1) is 0 Å². The van der Waals surface area contributed by atoms with E-state index in [4.69, 9.17) is 11.5 Å². The highest BCUT2D eigenvalue weighted by atomic mass is 32.1. The second-order valence-electron chi connectivity index (χ2n) is 6.48. The maximum absolute atomic E-state index is 13.0. The van der Waals surface area contributed by atoms with Crippen LogP contribution >= 0.6 is 12.6 Å². The number of nitrogens with two attached hydrogens (primary N) is 2. The Balaban J connectivity index is 2.24. The first-order valence-electron chi connectivity index (χ1n) is 8.26. The lowest BCUT2D eigenvalue weighted by molar-refractivity contribution is -0.150. The van der Waals surface area contributed by atoms with Gasteiger partial charge in [0.1, 0.15) is 17.6 Å². The fraction of sp³-hybridized carbons (Fsp3) is 0.800. The second kappa shape index (κ2) is 7.28. The summed E-state index contributed by atoms with van der Waals surface area (Å²) in [5, 5.41) is 9.87. The molecule has 2 aliphatic heterocycles. The van der Waals surface area contributed by atoms with Crippen molar-refractivity contribution in [1.82, 2.24) is 9.80 Å². The first-order valence-corrected chi connectivity index (χ1v) is 8.89. The number of carbonyl (C=O) groups is 3. The van der Waals surface area contributed by atoms with E-state index in [1.54, 1.807) is 6.92 Å². The summed E-state index contributed by atoms with van der Waals surface area (Å²) < 4.78 is 0. The van der Waals surface area contributed by atoms with Crippen LogP contribution in [0.4, 0.5) is 0 Å². The van der Waals surface area contributed by atoms with Crippen molar-refractivity contribution in [2.24, 2.45) is 11.5 Å². The molecule has 9 heteroatoms. The van der Waals surface area contributed by atoms with Crippen LogP contribution in [0.15, 0.2) is 0 Å². The van der Waals surface area contributed by atoms with Crippen LogP contribution in [-0.4, -0.2) is 75.2 Å². The topological polar surface area (TPSA) is 130 Å². The molecule has 136 valence electrons. The molecule has 2 saturated heterocycles. The molecule has 1 unspecified atom stereocenters. The first kappa shape index (κ1) is 19.0. The molecule has 0 radical (unpaired) electrons. The molecule has 4 atom stereocenters. The monoisotopic (exact) mass is 358 g/mol. The number of rotatable bonds is 6. The lowest BCUT2D eigenvalue weighted by atomic mass is 9.93. The number of hydrogen-bond donors (Lipinski definition) is 4. The van der Waals surface area contributed by atoms with E-state index >= 15 is 0 Å². The van der Waals surface area contributed by atoms with Crippen LogP contribution in [0.3, 0.4) is 0 Å². The van der Waals surface area contributed by atoms with Crippen molar-refractivity contribution in [3.8, 4) is 0 Å². The molecule has 0 saturated carbocycles. The molecule has 3 amide bonds. The summed E-state index contributed by atoms with van der Waals surface area (Å²) in [6, 6.07) is -1.84. The van der Waals surface area contributed by atoms with Gasteiger partial charge in [-0.1, -0.05) is 6.92 Å². The predicted molar refractivity (Wildman–Crippen MR) is 91.1 cm³/mol. The molecule has 2 aliphatic rings. The van der Waals surface area contributed by atoms with Crippen molar-refractivity contribution in [2.45, 2.75) is 56.3 Å². The van der Waals surface area contributed by atoms with Crippen molar-refractivity contribution in [3.05, 3.63) is 0 Å². The first-order chi connectivity index (χ1) is 11.3. The third-order valence-electron chi connectivity index (χ3n) is 5.18. The Morgan fingerprint density at radius 1 is 1.38 bits per heavy atom. The van der Waals surface area contributed by atoms with Gasteiger partial charge < -0.3 is 26.4 Å². The van der Waals surface area contributed by atoms with Crippen molar-refractivity contribution < 1.29 is 19.5 Å². The van der Waals surface area contributed by atoms with E-state index in [0.29, 0.717) is 38.8 Å². The van der Waals surface area contributed by atoms with Crippen LogP contribution in [0, 0.1) is 0 Å². The minimum Gasteiger partial charge on any atom is -0.391 e. The number of aliphatic hydroxyl groups is 1. The van der Waals surface area contributed by atoms with E-state index in [0.717, 1.165) is 0 Å². The van der Waals surface area contributed by atoms with Crippen molar-refractivity contribution >= 4 is 30.4 Å². The van der Waals surface area contributed by atoms with E-state index in [2.05, 4.69) is 12.6 Å². The Bertz CT molecular complexity index is 532. The zero-order chi connectivity index (χ0) is 18.1. The molecule has 0 aromatic heterocycles. The summed E-state index contributed by atoms with van der Waals surface area (Å²) in [7, 11) is 0. The summed E-state index contributed by atoms with van der Waals surface area (Å²) >= 11 is 4.11. The molecule has 0 aromatic rings. The zero-order valence-corrected chi connectivity index (χ0v) is 14.7. The second-order valence-corrected chi connectivity index (χ2v) is 6.84. The maximum atomic E-state index is 13.0. The van der Waals surface area contributed by atoms with E-state index in [-0.39, 0.29) is 11.7 Å². The molecule has 0 aliphatic carbocycles. The number of aliphatic hydroxyl groups excluding tert-OH is 1. The van der Waals surface area contributed by atoms with E-state index in [9.17, 15) is 19.5 Å². The molecule has 2 heterocycles. The minimum atomic E-state index is -1.05. The quantitative estimate of drug-likeness (QED) is 0.428. The summed E-state index contributed by atoms with van der Waals surface area (Å²) in [5.74, 6) is -1.16. The third kappa shape index (κ3) is 3.00. The van der Waals surface area contributed by atoms with Gasteiger partial charge in [0.25, 0.3) is 0 Å². The molecular weight excluding hydrogens is 332 g/mol. The largest absolute Gasteiger partial charge is 0.391 e. The van der Waals surface area contributed by atoms with Gasteiger partial charge in [0, 0.05) is 18.8 Å². The Labute approximate surface area is 146 Å². The SMILES string of the molecule is CC[C@@H](O)[C@H](N)C(=O)N1CCCC12CCN([C@@H](CS)C(N)=O)C2=O. The molecule has 1 spiro atoms. The molecule has 5 N–H and O–H groups in total. The van der Waals surface area contributed by atoms with Gasteiger partial charge >= 0.3 is 0 Å². The number of nitrogens with zero attached hydrogens (tertiary/aromatic N) is 2. The number of amides is 3. The van der Waals surface area contributed by atoms with Crippen molar-refractivity contribution in [1.29, 1.82) is 0 Å². The van der Waals surface area contributed by atoms with Gasteiger partial charge in [-0.3, -0.25) is 14.4 Å². The van der Waals surface area contributed by atoms with Gasteiger partial charge in [0.15, 0.2) is 0 Å². The Kier molecular flexibility index (Phi) is 5.77. The van der Waals surface area contributed by atoms with Crippen LogP contribution < -0.4 is 11.5 Å². The molecule has 0 aromatic carbocycles. The van der Waals surface area contributed by atoms with Crippen LogP contribution in [0.25, 0.3) is 0 Å². The molecule has 0 bridgehead atoms. The Morgan fingerprint density at radius 3 is 2.58 bits per heavy atom. The highest BCUT2D eigenvalue weighted by Crippen LogP contribution is 2.40. The summed E-state index contributed by atoms with van der Waals surface area (Å²) in [5.41, 5.74) is 10.3. The van der Waals surface area contributed by atoms with Gasteiger partial charge in [0.05, 0.1) is 6.10 Å². The Morgan fingerprint density at radius 2 is 2.04 bits per heavy atom. The fourth-order valence-corrected chi connectivity index (χ4v) is 4.08. The molecular formula is C15H26N4O4S. The fourth-order valence-electron chi connectivity index (χ4n) is 3.70. The van der Waals surface area contributed by atoms with Gasteiger partial charge in [-0.25, -0.2) is 0 Å².